The minimum Gasteiger partial charge on any atom is -0.275 e. The lowest BCUT2D eigenvalue weighted by molar-refractivity contribution is -0.384. The van der Waals surface area contributed by atoms with E-state index >= 15 is 0 Å². The number of anilines is 1. The third-order valence-electron chi connectivity index (χ3n) is 5.73. The Balaban J connectivity index is 1.53. The van der Waals surface area contributed by atoms with E-state index in [2.05, 4.69) is 4.98 Å². The monoisotopic (exact) mass is 430 g/mol. The van der Waals surface area contributed by atoms with Gasteiger partial charge < -0.3 is 0 Å². The van der Waals surface area contributed by atoms with Crippen LogP contribution in [0, 0.1) is 16.0 Å². The molecule has 2 aliphatic heterocycles. The lowest BCUT2D eigenvalue weighted by Gasteiger charge is -2.28. The number of non-ortho nitro benzene ring substituents is 1. The average Bonchev–Trinajstić information content (AvgIpc) is 3.32. The maximum atomic E-state index is 13.4. The molecule has 0 spiro atoms. The molecule has 0 unspecified atom stereocenters. The molecular weight excluding hydrogens is 412 g/mol. The Morgan fingerprint density at radius 2 is 1.72 bits per heavy atom. The summed E-state index contributed by atoms with van der Waals surface area (Å²) in [6.45, 7) is 0.161. The maximum Gasteiger partial charge on any atom is 0.271 e. The molecule has 3 heterocycles. The van der Waals surface area contributed by atoms with E-state index in [1.165, 1.54) is 22.1 Å². The van der Waals surface area contributed by atoms with Crippen molar-refractivity contribution in [1.82, 2.24) is 9.88 Å². The van der Waals surface area contributed by atoms with Gasteiger partial charge in [0.15, 0.2) is 6.10 Å². The summed E-state index contributed by atoms with van der Waals surface area (Å²) >= 11 is 0. The average molecular weight is 430 g/mol. The van der Waals surface area contributed by atoms with Gasteiger partial charge >= 0.3 is 0 Å². The first-order chi connectivity index (χ1) is 15.5. The molecule has 0 saturated carbocycles. The van der Waals surface area contributed by atoms with Gasteiger partial charge in [-0.3, -0.25) is 34.4 Å². The van der Waals surface area contributed by atoms with Gasteiger partial charge in [-0.2, -0.15) is 0 Å². The Kier molecular flexibility index (Phi) is 4.87. The predicted octanol–water partition coefficient (Wildman–Crippen LogP) is 3.04. The van der Waals surface area contributed by atoms with E-state index in [1.54, 1.807) is 36.7 Å². The van der Waals surface area contributed by atoms with Gasteiger partial charge in [-0.1, -0.05) is 36.4 Å². The second kappa shape index (κ2) is 7.86. The number of rotatable bonds is 5. The molecule has 1 aromatic heterocycles. The van der Waals surface area contributed by atoms with Crippen LogP contribution in [0.1, 0.15) is 17.2 Å². The standard InChI is InChI=1S/C23H18N4O5/c28-22-19-20(16-9-11-24-12-10-16)26(17-7-4-8-18(13-17)27(30)31)32-21(19)23(29)25(22)14-15-5-2-1-3-6-15/h1-13,19-21H,14H2/t19-,20+,21-/m1/s1. The number of hydrogen-bond donors (Lipinski definition) is 0. The van der Waals surface area contributed by atoms with Gasteiger partial charge in [0.2, 0.25) is 5.91 Å². The smallest absolute Gasteiger partial charge is 0.271 e. The van der Waals surface area contributed by atoms with Crippen molar-refractivity contribution in [2.24, 2.45) is 5.92 Å². The summed E-state index contributed by atoms with van der Waals surface area (Å²) in [5.41, 5.74) is 1.84. The molecule has 2 aliphatic rings. The molecule has 5 rings (SSSR count). The van der Waals surface area contributed by atoms with Gasteiger partial charge in [0, 0.05) is 24.5 Å². The summed E-state index contributed by atoms with van der Waals surface area (Å²) in [5.74, 6) is -1.54. The zero-order chi connectivity index (χ0) is 22.2. The normalized spacial score (nSPS) is 22.3. The summed E-state index contributed by atoms with van der Waals surface area (Å²) in [4.78, 5) is 48.6. The maximum absolute atomic E-state index is 13.4. The van der Waals surface area contributed by atoms with Crippen LogP contribution in [-0.2, 0) is 21.0 Å². The molecule has 2 fully saturated rings. The highest BCUT2D eigenvalue weighted by atomic mass is 16.7. The number of nitro groups is 1. The molecular formula is C23H18N4O5. The fourth-order valence-corrected chi connectivity index (χ4v) is 4.26. The van der Waals surface area contributed by atoms with E-state index < -0.39 is 28.9 Å². The highest BCUT2D eigenvalue weighted by Gasteiger charge is 2.59. The fraction of sp³-hybridized carbons (Fsp3) is 0.174. The van der Waals surface area contributed by atoms with E-state index in [0.717, 1.165) is 11.1 Å². The molecule has 32 heavy (non-hydrogen) atoms. The van der Waals surface area contributed by atoms with Crippen LogP contribution in [0.25, 0.3) is 0 Å². The molecule has 160 valence electrons. The predicted molar refractivity (Wildman–Crippen MR) is 113 cm³/mol. The Hall–Kier alpha value is -4.11. The molecule has 2 aromatic carbocycles. The largest absolute Gasteiger partial charge is 0.275 e. The number of aromatic nitrogens is 1. The van der Waals surface area contributed by atoms with Crippen LogP contribution in [0.2, 0.25) is 0 Å². The first-order valence-electron chi connectivity index (χ1n) is 10.0. The number of nitro benzene ring substituents is 1. The first kappa shape index (κ1) is 19.8. The number of hydrogen-bond acceptors (Lipinski definition) is 7. The van der Waals surface area contributed by atoms with Crippen molar-refractivity contribution in [2.75, 3.05) is 5.06 Å². The Morgan fingerprint density at radius 1 is 0.969 bits per heavy atom. The summed E-state index contributed by atoms with van der Waals surface area (Å²) in [5, 5.41) is 12.7. The van der Waals surface area contributed by atoms with Gasteiger partial charge in [0.25, 0.3) is 11.6 Å². The minimum atomic E-state index is -1.01. The molecule has 0 aliphatic carbocycles. The van der Waals surface area contributed by atoms with Gasteiger partial charge in [0.05, 0.1) is 23.2 Å². The Bertz CT molecular complexity index is 1190. The van der Waals surface area contributed by atoms with Gasteiger partial charge in [-0.25, -0.2) is 5.06 Å². The third-order valence-corrected chi connectivity index (χ3v) is 5.73. The number of amides is 2. The molecule has 0 N–H and O–H groups in total. The van der Waals surface area contributed by atoms with Crippen LogP contribution in [0.3, 0.4) is 0 Å². The second-order valence-electron chi connectivity index (χ2n) is 7.63. The molecule has 0 radical (unpaired) electrons. The quantitative estimate of drug-likeness (QED) is 0.348. The lowest BCUT2D eigenvalue weighted by Crippen LogP contribution is -2.37. The lowest BCUT2D eigenvalue weighted by atomic mass is 9.91. The van der Waals surface area contributed by atoms with Crippen molar-refractivity contribution >= 4 is 23.2 Å². The molecule has 3 atom stereocenters. The van der Waals surface area contributed by atoms with Gasteiger partial charge in [0.1, 0.15) is 5.92 Å². The SMILES string of the molecule is O=C1[C@H]2[C@@H](ON(c3cccc([N+](=O)[O-])c3)[C@H]2c2ccncc2)C(=O)N1Cc1ccccc1. The number of hydroxylamine groups is 1. The molecule has 3 aromatic rings. The summed E-state index contributed by atoms with van der Waals surface area (Å²) in [6, 6.07) is 18.1. The number of likely N-dealkylation sites (tertiary alicyclic amines) is 1. The fourth-order valence-electron chi connectivity index (χ4n) is 4.26. The molecule has 2 amide bonds. The molecule has 9 heteroatoms. The zero-order valence-corrected chi connectivity index (χ0v) is 16.8. The molecule has 9 nitrogen and oxygen atoms in total. The number of benzene rings is 2. The van der Waals surface area contributed by atoms with Gasteiger partial charge in [-0.15, -0.1) is 0 Å². The minimum absolute atomic E-state index is 0.111. The van der Waals surface area contributed by atoms with Crippen LogP contribution in [-0.4, -0.2) is 32.7 Å². The van der Waals surface area contributed by atoms with E-state index in [1.807, 2.05) is 30.3 Å². The van der Waals surface area contributed by atoms with Crippen molar-refractivity contribution in [2.45, 2.75) is 18.7 Å². The van der Waals surface area contributed by atoms with Crippen molar-refractivity contribution < 1.29 is 19.3 Å². The summed E-state index contributed by atoms with van der Waals surface area (Å²) < 4.78 is 0. The highest BCUT2D eigenvalue weighted by molar-refractivity contribution is 6.07. The third kappa shape index (κ3) is 3.28. The number of imide groups is 1. The van der Waals surface area contributed by atoms with Crippen LogP contribution >= 0.6 is 0 Å². The van der Waals surface area contributed by atoms with Crippen LogP contribution < -0.4 is 5.06 Å². The van der Waals surface area contributed by atoms with E-state index in [0.29, 0.717) is 5.69 Å². The number of pyridine rings is 1. The molecule has 0 bridgehead atoms. The molecule has 2 saturated heterocycles. The van der Waals surface area contributed by atoms with Crippen LogP contribution in [0.15, 0.2) is 79.1 Å². The summed E-state index contributed by atoms with van der Waals surface area (Å²) in [6.07, 6.45) is 2.18. The van der Waals surface area contributed by atoms with Crippen molar-refractivity contribution in [3.63, 3.8) is 0 Å². The Morgan fingerprint density at radius 3 is 2.44 bits per heavy atom. The van der Waals surface area contributed by atoms with Crippen molar-refractivity contribution in [3.05, 3.63) is 100 Å². The first-order valence-corrected chi connectivity index (χ1v) is 10.0. The van der Waals surface area contributed by atoms with Crippen LogP contribution in [0.4, 0.5) is 11.4 Å². The number of nitrogens with zero attached hydrogens (tertiary/aromatic N) is 4. The number of carbonyl (C=O) groups excluding carboxylic acids is 2. The topological polar surface area (TPSA) is 106 Å². The van der Waals surface area contributed by atoms with E-state index in [9.17, 15) is 19.7 Å². The second-order valence-corrected chi connectivity index (χ2v) is 7.63. The van der Waals surface area contributed by atoms with E-state index in [4.69, 9.17) is 4.84 Å². The van der Waals surface area contributed by atoms with E-state index in [-0.39, 0.29) is 18.1 Å². The van der Waals surface area contributed by atoms with Crippen molar-refractivity contribution in [1.29, 1.82) is 0 Å². The Labute approximate surface area is 183 Å². The van der Waals surface area contributed by atoms with Crippen LogP contribution in [0.5, 0.6) is 0 Å². The van der Waals surface area contributed by atoms with Gasteiger partial charge in [-0.05, 0) is 29.3 Å². The zero-order valence-electron chi connectivity index (χ0n) is 16.8. The highest BCUT2D eigenvalue weighted by Crippen LogP contribution is 2.47. The number of carbonyl (C=O) groups is 2. The van der Waals surface area contributed by atoms with Crippen molar-refractivity contribution in [3.8, 4) is 0 Å². The number of fused-ring (bicyclic) bond motifs is 1. The summed E-state index contributed by atoms with van der Waals surface area (Å²) in [7, 11) is 0.